The Morgan fingerprint density at radius 1 is 1.17 bits per heavy atom. The van der Waals surface area contributed by atoms with Crippen molar-refractivity contribution in [2.45, 2.75) is 52.6 Å². The average molecular weight is 486 g/mol. The molecule has 0 radical (unpaired) electrons. The molecule has 0 saturated heterocycles. The summed E-state index contributed by atoms with van der Waals surface area (Å²) in [7, 11) is 0. The topological polar surface area (TPSA) is 102 Å². The lowest BCUT2D eigenvalue weighted by molar-refractivity contribution is 0.0684. The van der Waals surface area contributed by atoms with Crippen molar-refractivity contribution in [1.29, 1.82) is 0 Å². The molecule has 1 aliphatic rings. The summed E-state index contributed by atoms with van der Waals surface area (Å²) in [6.07, 6.45) is 3.54. The molecule has 8 heteroatoms. The molecule has 0 bridgehead atoms. The van der Waals surface area contributed by atoms with E-state index in [0.717, 1.165) is 35.3 Å². The molecule has 1 atom stereocenters. The first-order chi connectivity index (χ1) is 17.4. The predicted octanol–water partition coefficient (Wildman–Crippen LogP) is 5.55. The number of aromatic carboxylic acids is 1. The average Bonchev–Trinajstić information content (AvgIpc) is 3.18. The highest BCUT2D eigenvalue weighted by molar-refractivity contribution is 5.92. The van der Waals surface area contributed by atoms with Crippen LogP contribution in [0.15, 0.2) is 48.5 Å². The quantitative estimate of drug-likeness (QED) is 0.320. The zero-order chi connectivity index (χ0) is 25.2. The van der Waals surface area contributed by atoms with Gasteiger partial charge in [0.2, 0.25) is 5.82 Å². The molecule has 1 fully saturated rings. The molecule has 1 saturated carbocycles. The molecule has 186 valence electrons. The lowest BCUT2D eigenvalue weighted by atomic mass is 9.80. The lowest BCUT2D eigenvalue weighted by Crippen LogP contribution is -2.31. The third-order valence-corrected chi connectivity index (χ3v) is 6.89. The van der Waals surface area contributed by atoms with Gasteiger partial charge < -0.3 is 19.7 Å². The normalized spacial score (nSPS) is 14.4. The number of hydrogen-bond acceptors (Lipinski definition) is 6. The number of aromatic nitrogens is 4. The fraction of sp³-hybridized carbons (Fsp3) is 0.357. The van der Waals surface area contributed by atoms with E-state index in [1.807, 2.05) is 56.3 Å². The van der Waals surface area contributed by atoms with Crippen LogP contribution in [0.5, 0.6) is 5.75 Å². The second-order valence-corrected chi connectivity index (χ2v) is 9.43. The standard InChI is InChI=1S/C28H31N5O3/c1-4-36-22-14-6-5-10-21(22)16-33-23-24(29-18(3)19-11-8-12-19)30-26(28(34)35)31-25(23)32-27(33)20-13-7-9-17(2)15-20/h5-7,9-10,13-15,18-19H,4,8,11-12,16H2,1-3H3,(H,34,35)(H,29,30,31)/t18-/m1/s1. The van der Waals surface area contributed by atoms with Crippen LogP contribution >= 0.6 is 0 Å². The molecule has 2 aromatic heterocycles. The minimum atomic E-state index is -1.18. The van der Waals surface area contributed by atoms with Gasteiger partial charge in [0.25, 0.3) is 0 Å². The number of imidazole rings is 1. The van der Waals surface area contributed by atoms with E-state index < -0.39 is 5.97 Å². The van der Waals surface area contributed by atoms with Crippen LogP contribution in [0.25, 0.3) is 22.6 Å². The predicted molar refractivity (Wildman–Crippen MR) is 140 cm³/mol. The van der Waals surface area contributed by atoms with Gasteiger partial charge in [-0.15, -0.1) is 0 Å². The molecular weight excluding hydrogens is 454 g/mol. The van der Waals surface area contributed by atoms with Gasteiger partial charge in [-0.1, -0.05) is 48.4 Å². The Morgan fingerprint density at radius 3 is 2.67 bits per heavy atom. The van der Waals surface area contributed by atoms with Gasteiger partial charge >= 0.3 is 5.97 Å². The number of anilines is 1. The summed E-state index contributed by atoms with van der Waals surface area (Å²) in [5, 5.41) is 13.2. The molecule has 0 aliphatic heterocycles. The molecule has 2 aromatic carbocycles. The number of carboxylic acid groups (broad SMARTS) is 1. The van der Waals surface area contributed by atoms with Crippen LogP contribution in [-0.4, -0.2) is 43.2 Å². The van der Waals surface area contributed by atoms with Crippen molar-refractivity contribution < 1.29 is 14.6 Å². The number of para-hydroxylation sites is 1. The Labute approximate surface area is 210 Å². The van der Waals surface area contributed by atoms with Crippen LogP contribution in [-0.2, 0) is 6.54 Å². The Hall–Kier alpha value is -3.94. The van der Waals surface area contributed by atoms with Gasteiger partial charge in [0, 0.05) is 17.2 Å². The van der Waals surface area contributed by atoms with E-state index in [2.05, 4.69) is 32.8 Å². The number of hydrogen-bond donors (Lipinski definition) is 2. The van der Waals surface area contributed by atoms with Crippen LogP contribution in [0.1, 0.15) is 54.9 Å². The Kier molecular flexibility index (Phi) is 6.59. The van der Waals surface area contributed by atoms with Crippen LogP contribution < -0.4 is 10.1 Å². The molecule has 4 aromatic rings. The fourth-order valence-corrected chi connectivity index (χ4v) is 4.77. The van der Waals surface area contributed by atoms with Gasteiger partial charge in [-0.25, -0.2) is 19.7 Å². The number of ether oxygens (including phenoxy) is 1. The molecule has 0 unspecified atom stereocenters. The van der Waals surface area contributed by atoms with Gasteiger partial charge in [0.15, 0.2) is 11.5 Å². The summed E-state index contributed by atoms with van der Waals surface area (Å²) in [5.74, 6) is 1.10. The maximum atomic E-state index is 11.9. The second-order valence-electron chi connectivity index (χ2n) is 9.43. The zero-order valence-electron chi connectivity index (χ0n) is 20.9. The SMILES string of the molecule is CCOc1ccccc1Cn1c(-c2cccc(C)c2)nc2nc(C(=O)O)nc(N[C@H](C)C3CCC3)c21. The van der Waals surface area contributed by atoms with E-state index in [9.17, 15) is 9.90 Å². The van der Waals surface area contributed by atoms with Crippen LogP contribution in [0.4, 0.5) is 5.82 Å². The van der Waals surface area contributed by atoms with E-state index in [4.69, 9.17) is 9.72 Å². The van der Waals surface area contributed by atoms with E-state index in [-0.39, 0.29) is 11.9 Å². The maximum Gasteiger partial charge on any atom is 0.374 e. The number of fused-ring (bicyclic) bond motifs is 1. The third kappa shape index (κ3) is 4.63. The van der Waals surface area contributed by atoms with E-state index in [1.165, 1.54) is 6.42 Å². The van der Waals surface area contributed by atoms with E-state index in [0.29, 0.717) is 41.9 Å². The van der Waals surface area contributed by atoms with Gasteiger partial charge in [-0.05, 0) is 51.7 Å². The molecule has 5 rings (SSSR count). The van der Waals surface area contributed by atoms with Crippen molar-refractivity contribution in [2.75, 3.05) is 11.9 Å². The number of carbonyl (C=O) groups is 1. The number of benzene rings is 2. The number of aryl methyl sites for hydroxylation is 1. The van der Waals surface area contributed by atoms with Crippen molar-refractivity contribution in [3.63, 3.8) is 0 Å². The number of nitrogens with one attached hydrogen (secondary N) is 1. The smallest absolute Gasteiger partial charge is 0.374 e. The monoisotopic (exact) mass is 485 g/mol. The summed E-state index contributed by atoms with van der Waals surface area (Å²) < 4.78 is 7.98. The van der Waals surface area contributed by atoms with Crippen molar-refractivity contribution in [2.24, 2.45) is 5.92 Å². The van der Waals surface area contributed by atoms with Crippen LogP contribution in [0.3, 0.4) is 0 Å². The maximum absolute atomic E-state index is 11.9. The van der Waals surface area contributed by atoms with E-state index >= 15 is 0 Å². The largest absolute Gasteiger partial charge is 0.494 e. The van der Waals surface area contributed by atoms with Crippen molar-refractivity contribution >= 4 is 23.0 Å². The summed E-state index contributed by atoms with van der Waals surface area (Å²) in [4.78, 5) is 25.5. The van der Waals surface area contributed by atoms with Crippen LogP contribution in [0.2, 0.25) is 0 Å². The summed E-state index contributed by atoms with van der Waals surface area (Å²) in [6, 6.07) is 16.2. The first kappa shape index (κ1) is 23.8. The van der Waals surface area contributed by atoms with Gasteiger partial charge in [-0.3, -0.25) is 0 Å². The minimum absolute atomic E-state index is 0.153. The van der Waals surface area contributed by atoms with E-state index in [1.54, 1.807) is 0 Å². The summed E-state index contributed by atoms with van der Waals surface area (Å²) in [6.45, 7) is 7.16. The molecule has 8 nitrogen and oxygen atoms in total. The molecule has 2 N–H and O–H groups in total. The Morgan fingerprint density at radius 2 is 1.97 bits per heavy atom. The van der Waals surface area contributed by atoms with Crippen molar-refractivity contribution in [3.8, 4) is 17.1 Å². The summed E-state index contributed by atoms with van der Waals surface area (Å²) in [5.41, 5.74) is 4.07. The molecule has 36 heavy (non-hydrogen) atoms. The van der Waals surface area contributed by atoms with Gasteiger partial charge in [0.1, 0.15) is 17.1 Å². The summed E-state index contributed by atoms with van der Waals surface area (Å²) >= 11 is 0. The third-order valence-electron chi connectivity index (χ3n) is 6.89. The first-order valence-corrected chi connectivity index (χ1v) is 12.5. The Balaban J connectivity index is 1.72. The highest BCUT2D eigenvalue weighted by atomic mass is 16.5. The fourth-order valence-electron chi connectivity index (χ4n) is 4.77. The Bertz CT molecular complexity index is 1410. The number of carboxylic acids is 1. The second kappa shape index (κ2) is 9.97. The molecular formula is C28H31N5O3. The van der Waals surface area contributed by atoms with Gasteiger partial charge in [0.05, 0.1) is 13.2 Å². The van der Waals surface area contributed by atoms with Gasteiger partial charge in [-0.2, -0.15) is 0 Å². The molecule has 0 spiro atoms. The van der Waals surface area contributed by atoms with Crippen molar-refractivity contribution in [3.05, 3.63) is 65.5 Å². The number of rotatable bonds is 9. The van der Waals surface area contributed by atoms with Crippen LogP contribution in [0, 0.1) is 12.8 Å². The minimum Gasteiger partial charge on any atom is -0.494 e. The number of nitrogens with zero attached hydrogens (tertiary/aromatic N) is 4. The zero-order valence-corrected chi connectivity index (χ0v) is 20.9. The molecule has 2 heterocycles. The molecule has 0 amide bonds. The first-order valence-electron chi connectivity index (χ1n) is 12.5. The lowest BCUT2D eigenvalue weighted by Gasteiger charge is -2.32. The highest BCUT2D eigenvalue weighted by Gasteiger charge is 2.27. The molecule has 1 aliphatic carbocycles. The van der Waals surface area contributed by atoms with Crippen molar-refractivity contribution in [1.82, 2.24) is 19.5 Å². The highest BCUT2D eigenvalue weighted by Crippen LogP contribution is 2.34.